The molecule has 0 bridgehead atoms. The Kier molecular flexibility index (Phi) is 13.7. The molecule has 13 nitrogen and oxygen atoms in total. The number of hydrogen-bond acceptors (Lipinski definition) is 8. The highest BCUT2D eigenvalue weighted by Gasteiger charge is 2.31. The quantitative estimate of drug-likeness (QED) is 0.116. The van der Waals surface area contributed by atoms with Crippen molar-refractivity contribution in [3.8, 4) is 0 Å². The number of nitrogens with one attached hydrogen (secondary N) is 3. The topological polar surface area (TPSA) is 237 Å². The van der Waals surface area contributed by atoms with Gasteiger partial charge >= 0.3 is 5.97 Å². The summed E-state index contributed by atoms with van der Waals surface area (Å²) in [6, 6.07) is 3.59. The molecule has 1 aromatic carbocycles. The maximum absolute atomic E-state index is 13.1. The Morgan fingerprint density at radius 1 is 0.838 bits per heavy atom. The Bertz CT molecular complexity index is 962. The number of carbonyl (C=O) groups is 6. The maximum Gasteiger partial charge on any atom is 0.326 e. The Morgan fingerprint density at radius 2 is 1.41 bits per heavy atom. The normalized spacial score (nSPS) is 13.9. The average molecular weight is 539 g/mol. The summed E-state index contributed by atoms with van der Waals surface area (Å²) in [5.41, 5.74) is 16.7. The molecule has 4 atom stereocenters. The first-order valence-electron chi connectivity index (χ1n) is 11.4. The standard InChI is InChI=1S/C23H34N6O7S/c1-37-10-9-15(23(35)36)27-21(33)16(11-13-5-3-2-4-6-13)29-22(34)17(12-19(26)31)28-20(32)14(24)7-8-18(25)30/h2-6,14-17H,7-12,24H2,1H3,(H2,25,30)(H2,26,31)(H,27,33)(H,28,32)(H,29,34)(H,35,36). The summed E-state index contributed by atoms with van der Waals surface area (Å²) < 4.78 is 0. The van der Waals surface area contributed by atoms with Crippen LogP contribution in [0.25, 0.3) is 0 Å². The van der Waals surface area contributed by atoms with Gasteiger partial charge in [0.2, 0.25) is 29.5 Å². The first-order valence-corrected chi connectivity index (χ1v) is 12.8. The highest BCUT2D eigenvalue weighted by atomic mass is 32.2. The van der Waals surface area contributed by atoms with Crippen molar-refractivity contribution in [2.24, 2.45) is 17.2 Å². The van der Waals surface area contributed by atoms with Gasteiger partial charge in [0.1, 0.15) is 18.1 Å². The summed E-state index contributed by atoms with van der Waals surface area (Å²) in [6.07, 6.45) is 1.12. The van der Waals surface area contributed by atoms with Crippen LogP contribution >= 0.6 is 11.8 Å². The van der Waals surface area contributed by atoms with Crippen LogP contribution in [-0.4, -0.2) is 76.8 Å². The average Bonchev–Trinajstić information content (AvgIpc) is 2.84. The zero-order chi connectivity index (χ0) is 28.0. The summed E-state index contributed by atoms with van der Waals surface area (Å²) in [4.78, 5) is 72.6. The minimum atomic E-state index is -1.47. The second-order valence-corrected chi connectivity index (χ2v) is 9.26. The van der Waals surface area contributed by atoms with Crippen LogP contribution < -0.4 is 33.2 Å². The molecule has 1 rings (SSSR count). The number of carboxylic acid groups (broad SMARTS) is 1. The van der Waals surface area contributed by atoms with Crippen LogP contribution in [0.1, 0.15) is 31.2 Å². The number of benzene rings is 1. The van der Waals surface area contributed by atoms with E-state index >= 15 is 0 Å². The molecule has 0 aliphatic rings. The number of primary amides is 2. The third kappa shape index (κ3) is 12.2. The van der Waals surface area contributed by atoms with Gasteiger partial charge in [0.15, 0.2) is 0 Å². The second-order valence-electron chi connectivity index (χ2n) is 8.27. The fourth-order valence-electron chi connectivity index (χ4n) is 3.21. The van der Waals surface area contributed by atoms with Crippen LogP contribution in [0.2, 0.25) is 0 Å². The predicted octanol–water partition coefficient (Wildman–Crippen LogP) is -2.01. The summed E-state index contributed by atoms with van der Waals surface area (Å²) in [6.45, 7) is 0. The molecule has 0 fully saturated rings. The summed E-state index contributed by atoms with van der Waals surface area (Å²) in [7, 11) is 0. The fourth-order valence-corrected chi connectivity index (χ4v) is 3.69. The number of carboxylic acids is 1. The number of hydrogen-bond donors (Lipinski definition) is 7. The summed E-state index contributed by atoms with van der Waals surface area (Å²) in [5, 5.41) is 16.7. The Morgan fingerprint density at radius 3 is 1.95 bits per heavy atom. The molecule has 0 aromatic heterocycles. The van der Waals surface area contributed by atoms with E-state index in [-0.39, 0.29) is 25.7 Å². The van der Waals surface area contributed by atoms with Gasteiger partial charge in [-0.15, -0.1) is 0 Å². The third-order valence-corrected chi connectivity index (χ3v) is 5.86. The number of rotatable bonds is 17. The van der Waals surface area contributed by atoms with E-state index in [9.17, 15) is 33.9 Å². The number of carbonyl (C=O) groups excluding carboxylic acids is 5. The van der Waals surface area contributed by atoms with E-state index in [0.717, 1.165) is 0 Å². The molecule has 0 heterocycles. The second kappa shape index (κ2) is 16.2. The van der Waals surface area contributed by atoms with Crippen LogP contribution in [0.15, 0.2) is 30.3 Å². The highest BCUT2D eigenvalue weighted by molar-refractivity contribution is 7.98. The van der Waals surface area contributed by atoms with Crippen LogP contribution in [0.4, 0.5) is 0 Å². The van der Waals surface area contributed by atoms with Crippen LogP contribution in [-0.2, 0) is 35.2 Å². The van der Waals surface area contributed by atoms with Gasteiger partial charge < -0.3 is 38.3 Å². The molecular weight excluding hydrogens is 504 g/mol. The van der Waals surface area contributed by atoms with Crippen molar-refractivity contribution in [3.05, 3.63) is 35.9 Å². The van der Waals surface area contributed by atoms with Gasteiger partial charge in [-0.2, -0.15) is 11.8 Å². The molecule has 14 heteroatoms. The van der Waals surface area contributed by atoms with E-state index in [0.29, 0.717) is 11.3 Å². The van der Waals surface area contributed by atoms with E-state index in [1.807, 2.05) is 0 Å². The van der Waals surface area contributed by atoms with E-state index in [4.69, 9.17) is 17.2 Å². The minimum absolute atomic E-state index is 0.00262. The summed E-state index contributed by atoms with van der Waals surface area (Å²) in [5.74, 6) is -4.80. The minimum Gasteiger partial charge on any atom is -0.480 e. The van der Waals surface area contributed by atoms with Crippen molar-refractivity contribution in [1.82, 2.24) is 16.0 Å². The molecule has 0 aliphatic carbocycles. The van der Waals surface area contributed by atoms with Crippen LogP contribution in [0.3, 0.4) is 0 Å². The van der Waals surface area contributed by atoms with Gasteiger partial charge in [-0.3, -0.25) is 24.0 Å². The lowest BCUT2D eigenvalue weighted by Gasteiger charge is -2.25. The SMILES string of the molecule is CSCCC(NC(=O)C(Cc1ccccc1)NC(=O)C(CC(N)=O)NC(=O)C(N)CCC(N)=O)C(=O)O. The van der Waals surface area contributed by atoms with Gasteiger partial charge in [-0.1, -0.05) is 30.3 Å². The van der Waals surface area contributed by atoms with Crippen molar-refractivity contribution in [1.29, 1.82) is 0 Å². The molecule has 5 amide bonds. The molecule has 1 aromatic rings. The van der Waals surface area contributed by atoms with E-state index in [1.165, 1.54) is 11.8 Å². The molecule has 0 spiro atoms. The first-order chi connectivity index (χ1) is 17.4. The van der Waals surface area contributed by atoms with Crippen molar-refractivity contribution in [2.45, 2.75) is 56.3 Å². The first kappa shape index (κ1) is 31.4. The van der Waals surface area contributed by atoms with Crippen LogP contribution in [0, 0.1) is 0 Å². The third-order valence-electron chi connectivity index (χ3n) is 5.22. The van der Waals surface area contributed by atoms with E-state index in [2.05, 4.69) is 16.0 Å². The molecule has 0 radical (unpaired) electrons. The molecule has 4 unspecified atom stereocenters. The molecule has 204 valence electrons. The van der Waals surface area contributed by atoms with Gasteiger partial charge in [0.25, 0.3) is 0 Å². The van der Waals surface area contributed by atoms with Gasteiger partial charge in [-0.25, -0.2) is 4.79 Å². The van der Waals surface area contributed by atoms with E-state index in [1.54, 1.807) is 36.6 Å². The van der Waals surface area contributed by atoms with Gasteiger partial charge in [0, 0.05) is 12.8 Å². The molecule has 10 N–H and O–H groups in total. The van der Waals surface area contributed by atoms with E-state index < -0.39 is 66.1 Å². The fraction of sp³-hybridized carbons (Fsp3) is 0.478. The smallest absolute Gasteiger partial charge is 0.326 e. The Labute approximate surface area is 218 Å². The van der Waals surface area contributed by atoms with Gasteiger partial charge in [0.05, 0.1) is 12.5 Å². The number of thioether (sulfide) groups is 1. The lowest BCUT2D eigenvalue weighted by molar-refractivity contribution is -0.142. The molecular formula is C23H34N6O7S. The highest BCUT2D eigenvalue weighted by Crippen LogP contribution is 2.07. The summed E-state index contributed by atoms with van der Waals surface area (Å²) >= 11 is 1.41. The molecule has 0 saturated heterocycles. The lowest BCUT2D eigenvalue weighted by atomic mass is 10.0. The van der Waals surface area contributed by atoms with Crippen molar-refractivity contribution >= 4 is 47.3 Å². The predicted molar refractivity (Wildman–Crippen MR) is 137 cm³/mol. The molecule has 37 heavy (non-hydrogen) atoms. The van der Waals surface area contributed by atoms with Gasteiger partial charge in [-0.05, 0) is 30.4 Å². The number of nitrogens with two attached hydrogens (primary N) is 3. The molecule has 0 saturated carbocycles. The van der Waals surface area contributed by atoms with Crippen molar-refractivity contribution in [3.63, 3.8) is 0 Å². The van der Waals surface area contributed by atoms with Crippen LogP contribution in [0.5, 0.6) is 0 Å². The lowest BCUT2D eigenvalue weighted by Crippen LogP contribution is -2.58. The Hall–Kier alpha value is -3.65. The zero-order valence-electron chi connectivity index (χ0n) is 20.5. The number of amides is 5. The van der Waals surface area contributed by atoms with Crippen molar-refractivity contribution in [2.75, 3.05) is 12.0 Å². The number of aliphatic carboxylic acids is 1. The zero-order valence-corrected chi connectivity index (χ0v) is 21.3. The largest absolute Gasteiger partial charge is 0.480 e. The van der Waals surface area contributed by atoms with Crippen molar-refractivity contribution < 1.29 is 33.9 Å². The Balaban J connectivity index is 3.08. The molecule has 0 aliphatic heterocycles. The monoisotopic (exact) mass is 538 g/mol. The maximum atomic E-state index is 13.1.